The van der Waals surface area contributed by atoms with Crippen LogP contribution in [0.1, 0.15) is 40.0 Å². The number of hydrogen-bond donors (Lipinski definition) is 1. The molecular formula is C15H28N2O3. The van der Waals surface area contributed by atoms with Gasteiger partial charge in [0.05, 0.1) is 30.8 Å². The number of carbonyl (C=O) groups excluding carboxylic acids is 1. The Kier molecular flexibility index (Phi) is 5.41. The van der Waals surface area contributed by atoms with Crippen LogP contribution in [0, 0.1) is 0 Å². The third kappa shape index (κ3) is 4.72. The standard InChI is InChI=1S/C15H28N2O3/c1-12-10-17(11-15(2,3)20-12)14(18)6-9-19-13-4-7-16-8-5-13/h12-13,16H,4-11H2,1-3H3. The Morgan fingerprint density at radius 2 is 2.10 bits per heavy atom. The molecule has 0 aromatic heterocycles. The first-order valence-electron chi connectivity index (χ1n) is 7.74. The summed E-state index contributed by atoms with van der Waals surface area (Å²) in [7, 11) is 0. The molecule has 0 bridgehead atoms. The smallest absolute Gasteiger partial charge is 0.225 e. The fraction of sp³-hybridized carbons (Fsp3) is 0.933. The van der Waals surface area contributed by atoms with E-state index in [0.29, 0.717) is 32.2 Å². The van der Waals surface area contributed by atoms with Crippen molar-refractivity contribution in [2.24, 2.45) is 0 Å². The van der Waals surface area contributed by atoms with E-state index in [-0.39, 0.29) is 17.6 Å². The van der Waals surface area contributed by atoms with Gasteiger partial charge in [-0.1, -0.05) is 0 Å². The maximum Gasteiger partial charge on any atom is 0.225 e. The molecular weight excluding hydrogens is 256 g/mol. The Morgan fingerprint density at radius 1 is 1.40 bits per heavy atom. The number of rotatable bonds is 4. The average molecular weight is 284 g/mol. The Bertz CT molecular complexity index is 327. The highest BCUT2D eigenvalue weighted by molar-refractivity contribution is 5.76. The molecule has 1 unspecified atom stereocenters. The van der Waals surface area contributed by atoms with Crippen LogP contribution in [-0.4, -0.2) is 61.4 Å². The van der Waals surface area contributed by atoms with Gasteiger partial charge in [-0.05, 0) is 46.7 Å². The number of piperidine rings is 1. The zero-order valence-corrected chi connectivity index (χ0v) is 13.0. The van der Waals surface area contributed by atoms with Crippen molar-refractivity contribution in [3.05, 3.63) is 0 Å². The van der Waals surface area contributed by atoms with Crippen molar-refractivity contribution in [3.8, 4) is 0 Å². The first-order valence-corrected chi connectivity index (χ1v) is 7.74. The summed E-state index contributed by atoms with van der Waals surface area (Å²) in [5, 5.41) is 3.31. The van der Waals surface area contributed by atoms with Crippen molar-refractivity contribution < 1.29 is 14.3 Å². The van der Waals surface area contributed by atoms with Crippen LogP contribution in [-0.2, 0) is 14.3 Å². The average Bonchev–Trinajstić information content (AvgIpc) is 2.37. The highest BCUT2D eigenvalue weighted by atomic mass is 16.5. The molecule has 2 rings (SSSR count). The van der Waals surface area contributed by atoms with Gasteiger partial charge in [-0.2, -0.15) is 0 Å². The highest BCUT2D eigenvalue weighted by Gasteiger charge is 2.33. The summed E-state index contributed by atoms with van der Waals surface area (Å²) < 4.78 is 11.6. The lowest BCUT2D eigenvalue weighted by molar-refractivity contribution is -0.159. The number of morpholine rings is 1. The monoisotopic (exact) mass is 284 g/mol. The number of amides is 1. The van der Waals surface area contributed by atoms with E-state index in [9.17, 15) is 4.79 Å². The van der Waals surface area contributed by atoms with Gasteiger partial charge in [0.2, 0.25) is 5.91 Å². The second-order valence-corrected chi connectivity index (χ2v) is 6.53. The normalized spacial score (nSPS) is 27.6. The van der Waals surface area contributed by atoms with Crippen molar-refractivity contribution in [1.82, 2.24) is 10.2 Å². The van der Waals surface area contributed by atoms with Crippen molar-refractivity contribution in [1.29, 1.82) is 0 Å². The minimum Gasteiger partial charge on any atom is -0.378 e. The van der Waals surface area contributed by atoms with Crippen LogP contribution < -0.4 is 5.32 Å². The maximum absolute atomic E-state index is 12.3. The Balaban J connectivity index is 1.71. The Hall–Kier alpha value is -0.650. The molecule has 0 spiro atoms. The van der Waals surface area contributed by atoms with E-state index in [1.54, 1.807) is 0 Å². The predicted molar refractivity (Wildman–Crippen MR) is 77.7 cm³/mol. The van der Waals surface area contributed by atoms with Gasteiger partial charge in [0, 0.05) is 13.1 Å². The SMILES string of the molecule is CC1CN(C(=O)CCOC2CCNCC2)CC(C)(C)O1. The first kappa shape index (κ1) is 15.7. The summed E-state index contributed by atoms with van der Waals surface area (Å²) in [4.78, 5) is 14.2. The van der Waals surface area contributed by atoms with Crippen molar-refractivity contribution in [2.75, 3.05) is 32.8 Å². The molecule has 5 heteroatoms. The second-order valence-electron chi connectivity index (χ2n) is 6.53. The molecule has 0 aliphatic carbocycles. The van der Waals surface area contributed by atoms with E-state index in [1.807, 2.05) is 25.7 Å². The van der Waals surface area contributed by atoms with Gasteiger partial charge >= 0.3 is 0 Å². The molecule has 2 heterocycles. The van der Waals surface area contributed by atoms with Crippen LogP contribution in [0.5, 0.6) is 0 Å². The maximum atomic E-state index is 12.3. The van der Waals surface area contributed by atoms with Gasteiger partial charge in [-0.3, -0.25) is 4.79 Å². The van der Waals surface area contributed by atoms with Gasteiger partial charge in [-0.25, -0.2) is 0 Å². The fourth-order valence-electron chi connectivity index (χ4n) is 3.08. The minimum absolute atomic E-state index is 0.105. The quantitative estimate of drug-likeness (QED) is 0.842. The number of nitrogens with one attached hydrogen (secondary N) is 1. The summed E-state index contributed by atoms with van der Waals surface area (Å²) in [6.45, 7) is 10.0. The third-order valence-corrected chi connectivity index (χ3v) is 3.88. The molecule has 116 valence electrons. The van der Waals surface area contributed by atoms with E-state index in [4.69, 9.17) is 9.47 Å². The van der Waals surface area contributed by atoms with Gasteiger partial charge in [0.15, 0.2) is 0 Å². The fourth-order valence-corrected chi connectivity index (χ4v) is 3.08. The molecule has 0 radical (unpaired) electrons. The van der Waals surface area contributed by atoms with E-state index in [1.165, 1.54) is 0 Å². The van der Waals surface area contributed by atoms with E-state index < -0.39 is 0 Å². The van der Waals surface area contributed by atoms with Gasteiger partial charge in [0.25, 0.3) is 0 Å². The molecule has 0 aromatic carbocycles. The molecule has 1 atom stereocenters. The molecule has 2 fully saturated rings. The van der Waals surface area contributed by atoms with E-state index in [0.717, 1.165) is 25.9 Å². The van der Waals surface area contributed by atoms with Gasteiger partial charge in [0.1, 0.15) is 0 Å². The van der Waals surface area contributed by atoms with Gasteiger partial charge in [-0.15, -0.1) is 0 Å². The molecule has 2 aliphatic heterocycles. The molecule has 2 aliphatic rings. The molecule has 2 saturated heterocycles. The van der Waals surface area contributed by atoms with Crippen molar-refractivity contribution in [2.45, 2.75) is 57.8 Å². The van der Waals surface area contributed by atoms with Crippen LogP contribution in [0.15, 0.2) is 0 Å². The summed E-state index contributed by atoms with van der Waals surface area (Å²) in [5.41, 5.74) is -0.247. The van der Waals surface area contributed by atoms with Crippen LogP contribution in [0.3, 0.4) is 0 Å². The third-order valence-electron chi connectivity index (χ3n) is 3.88. The summed E-state index contributed by atoms with van der Waals surface area (Å²) >= 11 is 0. The van der Waals surface area contributed by atoms with Gasteiger partial charge < -0.3 is 19.7 Å². The number of hydrogen-bond acceptors (Lipinski definition) is 4. The lowest BCUT2D eigenvalue weighted by Gasteiger charge is -2.41. The molecule has 1 amide bonds. The van der Waals surface area contributed by atoms with Crippen LogP contribution in [0.25, 0.3) is 0 Å². The lowest BCUT2D eigenvalue weighted by Crippen LogP contribution is -2.53. The van der Waals surface area contributed by atoms with Crippen LogP contribution in [0.4, 0.5) is 0 Å². The first-order chi connectivity index (χ1) is 9.46. The zero-order chi connectivity index (χ0) is 14.6. The van der Waals surface area contributed by atoms with Crippen molar-refractivity contribution in [3.63, 3.8) is 0 Å². The highest BCUT2D eigenvalue weighted by Crippen LogP contribution is 2.21. The second kappa shape index (κ2) is 6.87. The van der Waals surface area contributed by atoms with E-state index >= 15 is 0 Å². The number of nitrogens with zero attached hydrogens (tertiary/aromatic N) is 1. The van der Waals surface area contributed by atoms with E-state index in [2.05, 4.69) is 5.32 Å². The Morgan fingerprint density at radius 3 is 2.75 bits per heavy atom. The summed E-state index contributed by atoms with van der Waals surface area (Å²) in [6.07, 6.45) is 3.01. The number of carbonyl (C=O) groups is 1. The minimum atomic E-state index is -0.247. The molecule has 5 nitrogen and oxygen atoms in total. The zero-order valence-electron chi connectivity index (χ0n) is 13.0. The predicted octanol–water partition coefficient (Wildman–Crippen LogP) is 1.17. The summed E-state index contributed by atoms with van der Waals surface area (Å²) in [5.74, 6) is 0.183. The molecule has 0 saturated carbocycles. The number of ether oxygens (including phenoxy) is 2. The molecule has 0 aromatic rings. The Labute approximate surface area is 122 Å². The van der Waals surface area contributed by atoms with Crippen LogP contribution >= 0.6 is 0 Å². The van der Waals surface area contributed by atoms with Crippen molar-refractivity contribution >= 4 is 5.91 Å². The lowest BCUT2D eigenvalue weighted by atomic mass is 10.1. The molecule has 20 heavy (non-hydrogen) atoms. The largest absolute Gasteiger partial charge is 0.378 e. The topological polar surface area (TPSA) is 50.8 Å². The van der Waals surface area contributed by atoms with Crippen LogP contribution in [0.2, 0.25) is 0 Å². The molecule has 1 N–H and O–H groups in total. The summed E-state index contributed by atoms with van der Waals surface area (Å²) in [6, 6.07) is 0.